The molecule has 1 rings (SSSR count). The molecule has 0 aromatic heterocycles. The summed E-state index contributed by atoms with van der Waals surface area (Å²) in [5.41, 5.74) is 0. The predicted octanol–water partition coefficient (Wildman–Crippen LogP) is 6.92. The third kappa shape index (κ3) is 18.6. The fourth-order valence-corrected chi connectivity index (χ4v) is 4.79. The monoisotopic (exact) mass is 450 g/mol. The molecule has 1 saturated heterocycles. The molecule has 5 nitrogen and oxygen atoms in total. The molecule has 182 valence electrons. The molecule has 0 aromatic carbocycles. The highest BCUT2D eigenvalue weighted by atomic mass is 32.3. The fraction of sp³-hybridized carbons (Fsp3) is 1.00. The van der Waals surface area contributed by atoms with Crippen molar-refractivity contribution in [2.24, 2.45) is 0 Å². The second-order valence-electron chi connectivity index (χ2n) is 8.97. The molecule has 0 bridgehead atoms. The van der Waals surface area contributed by atoms with Gasteiger partial charge in [0.05, 0.1) is 32.8 Å². The number of rotatable bonds is 18. The molecule has 0 amide bonds. The van der Waals surface area contributed by atoms with Gasteiger partial charge in [-0.25, -0.2) is 4.18 Å². The summed E-state index contributed by atoms with van der Waals surface area (Å²) in [4.78, 5) is 0. The molecule has 0 spiro atoms. The Hall–Kier alpha value is -0.170. The van der Waals surface area contributed by atoms with E-state index in [0.717, 1.165) is 0 Å². The molecule has 1 fully saturated rings. The molecule has 1 aliphatic heterocycles. The van der Waals surface area contributed by atoms with Crippen LogP contribution >= 0.6 is 0 Å². The van der Waals surface area contributed by atoms with E-state index in [0.29, 0.717) is 0 Å². The Balaban J connectivity index is 0.00000103. The summed E-state index contributed by atoms with van der Waals surface area (Å²) < 4.78 is 32.1. The molecule has 0 aliphatic carbocycles. The van der Waals surface area contributed by atoms with Crippen molar-refractivity contribution in [3.05, 3.63) is 0 Å². The van der Waals surface area contributed by atoms with Crippen molar-refractivity contribution in [2.75, 3.05) is 32.8 Å². The Labute approximate surface area is 188 Å². The minimum absolute atomic E-state index is 0.0289. The summed E-state index contributed by atoms with van der Waals surface area (Å²) in [6.07, 6.45) is 23.6. The minimum atomic E-state index is -4.17. The zero-order valence-corrected chi connectivity index (χ0v) is 21.2. The smallest absolute Gasteiger partial charge is 0.324 e. The van der Waals surface area contributed by atoms with Crippen molar-refractivity contribution in [1.29, 1.82) is 0 Å². The quantitative estimate of drug-likeness (QED) is 0.140. The van der Waals surface area contributed by atoms with Crippen molar-refractivity contribution in [2.45, 2.75) is 124 Å². The van der Waals surface area contributed by atoms with Crippen molar-refractivity contribution in [1.82, 2.24) is 0 Å². The minimum Gasteiger partial charge on any atom is -0.324 e. The molecule has 0 unspecified atom stereocenters. The summed E-state index contributed by atoms with van der Waals surface area (Å²) in [5, 5.41) is 0. The van der Waals surface area contributed by atoms with Crippen molar-refractivity contribution < 1.29 is 21.6 Å². The van der Waals surface area contributed by atoms with Gasteiger partial charge in [-0.3, -0.25) is 4.55 Å². The van der Waals surface area contributed by atoms with Gasteiger partial charge in [0.25, 0.3) is 0 Å². The van der Waals surface area contributed by atoms with Gasteiger partial charge >= 0.3 is 10.4 Å². The van der Waals surface area contributed by atoms with Gasteiger partial charge in [-0.1, -0.05) is 84.0 Å². The van der Waals surface area contributed by atoms with Crippen LogP contribution < -0.4 is 0 Å². The van der Waals surface area contributed by atoms with E-state index in [9.17, 15) is 8.42 Å². The Morgan fingerprint density at radius 1 is 0.700 bits per heavy atom. The predicted molar refractivity (Wildman–Crippen MR) is 128 cm³/mol. The first-order valence-electron chi connectivity index (χ1n) is 12.9. The third-order valence-corrected chi connectivity index (χ3v) is 6.97. The van der Waals surface area contributed by atoms with Crippen molar-refractivity contribution in [3.8, 4) is 0 Å². The number of hydrogen-bond donors (Lipinski definition) is 1. The second-order valence-corrected chi connectivity index (χ2v) is 10.1. The standard InChI is InChI=1S/C22H46N.C2H6O4S/c1-3-5-6-7-8-9-10-11-12-13-14-15-16-17-20-23(4-2)21-18-19-22-23;1-2-6-7(3,4)5/h3-22H2,1-2H3;2H2,1H3,(H,3,4,5)/q+1;. The van der Waals surface area contributed by atoms with Crippen molar-refractivity contribution in [3.63, 3.8) is 0 Å². The number of nitrogens with zero attached hydrogens (tertiary/aromatic N) is 1. The Kier molecular flexibility index (Phi) is 19.4. The Morgan fingerprint density at radius 3 is 1.40 bits per heavy atom. The van der Waals surface area contributed by atoms with E-state index < -0.39 is 10.4 Å². The molecular weight excluding hydrogens is 398 g/mol. The first-order chi connectivity index (χ1) is 14.4. The Bertz CT molecular complexity index is 462. The highest BCUT2D eigenvalue weighted by Crippen LogP contribution is 2.21. The Morgan fingerprint density at radius 2 is 1.10 bits per heavy atom. The van der Waals surface area contributed by atoms with Crippen LogP contribution in [0.5, 0.6) is 0 Å². The maximum Gasteiger partial charge on any atom is 0.397 e. The summed E-state index contributed by atoms with van der Waals surface area (Å²) in [6, 6.07) is 0. The van der Waals surface area contributed by atoms with Crippen LogP contribution in [-0.2, 0) is 14.6 Å². The third-order valence-electron chi connectivity index (χ3n) is 6.44. The first kappa shape index (κ1) is 29.8. The molecule has 0 radical (unpaired) electrons. The lowest BCUT2D eigenvalue weighted by atomic mass is 10.0. The number of hydrogen-bond acceptors (Lipinski definition) is 3. The van der Waals surface area contributed by atoms with E-state index in [1.165, 1.54) is 140 Å². The van der Waals surface area contributed by atoms with Crippen LogP contribution in [0.3, 0.4) is 0 Å². The van der Waals surface area contributed by atoms with Crippen LogP contribution in [0.2, 0.25) is 0 Å². The highest BCUT2D eigenvalue weighted by molar-refractivity contribution is 7.80. The van der Waals surface area contributed by atoms with Crippen LogP contribution in [0.4, 0.5) is 0 Å². The summed E-state index contributed by atoms with van der Waals surface area (Å²) in [6.45, 7) is 11.9. The van der Waals surface area contributed by atoms with E-state index in [2.05, 4.69) is 18.0 Å². The van der Waals surface area contributed by atoms with E-state index in [-0.39, 0.29) is 6.61 Å². The molecule has 0 aromatic rings. The zero-order chi connectivity index (χ0) is 22.6. The maximum absolute atomic E-state index is 9.56. The highest BCUT2D eigenvalue weighted by Gasteiger charge is 2.28. The molecule has 0 atom stereocenters. The fourth-order valence-electron chi connectivity index (χ4n) is 4.49. The van der Waals surface area contributed by atoms with Crippen LogP contribution in [0.1, 0.15) is 124 Å². The topological polar surface area (TPSA) is 63.6 Å². The molecule has 1 heterocycles. The normalized spacial score (nSPS) is 15.7. The van der Waals surface area contributed by atoms with Crippen LogP contribution in [0, 0.1) is 0 Å². The average Bonchev–Trinajstić information content (AvgIpc) is 3.17. The van der Waals surface area contributed by atoms with Gasteiger partial charge in [-0.05, 0) is 26.7 Å². The molecule has 0 saturated carbocycles. The first-order valence-corrected chi connectivity index (χ1v) is 14.2. The van der Waals surface area contributed by atoms with E-state index in [1.54, 1.807) is 0 Å². The molecule has 1 N–H and O–H groups in total. The van der Waals surface area contributed by atoms with Gasteiger partial charge in [0.15, 0.2) is 0 Å². The molecular formula is C24H52NO4S+. The summed E-state index contributed by atoms with van der Waals surface area (Å²) in [5.74, 6) is 0. The maximum atomic E-state index is 9.56. The molecule has 30 heavy (non-hydrogen) atoms. The largest absolute Gasteiger partial charge is 0.397 e. The summed E-state index contributed by atoms with van der Waals surface area (Å²) in [7, 11) is -4.17. The van der Waals surface area contributed by atoms with E-state index in [4.69, 9.17) is 4.55 Å². The number of likely N-dealkylation sites (tertiary alicyclic amines) is 1. The lowest BCUT2D eigenvalue weighted by Crippen LogP contribution is -2.45. The lowest BCUT2D eigenvalue weighted by Gasteiger charge is -2.33. The average molecular weight is 451 g/mol. The van der Waals surface area contributed by atoms with Gasteiger partial charge < -0.3 is 4.48 Å². The van der Waals surface area contributed by atoms with E-state index in [1.807, 2.05) is 0 Å². The zero-order valence-electron chi connectivity index (χ0n) is 20.4. The van der Waals surface area contributed by atoms with Gasteiger partial charge in [0.2, 0.25) is 0 Å². The SMILES string of the molecule is CCCCCCCCCCCCCCCC[N+]1(CC)CCCC1.CCOS(=O)(=O)O. The van der Waals surface area contributed by atoms with Crippen LogP contribution in [-0.4, -0.2) is 50.2 Å². The number of unbranched alkanes of at least 4 members (excludes halogenated alkanes) is 13. The van der Waals surface area contributed by atoms with Crippen molar-refractivity contribution >= 4 is 10.4 Å². The van der Waals surface area contributed by atoms with Gasteiger partial charge in [0, 0.05) is 12.8 Å². The van der Waals surface area contributed by atoms with Gasteiger partial charge in [0.1, 0.15) is 0 Å². The summed E-state index contributed by atoms with van der Waals surface area (Å²) >= 11 is 0. The van der Waals surface area contributed by atoms with E-state index >= 15 is 0 Å². The lowest BCUT2D eigenvalue weighted by molar-refractivity contribution is -0.915. The van der Waals surface area contributed by atoms with Crippen LogP contribution in [0.25, 0.3) is 0 Å². The van der Waals surface area contributed by atoms with Gasteiger partial charge in [-0.15, -0.1) is 0 Å². The molecule has 1 aliphatic rings. The van der Waals surface area contributed by atoms with Gasteiger partial charge in [-0.2, -0.15) is 8.42 Å². The van der Waals surface area contributed by atoms with Crippen LogP contribution in [0.15, 0.2) is 0 Å². The number of quaternary nitrogens is 1. The molecule has 6 heteroatoms. The second kappa shape index (κ2) is 19.5.